The Balaban J connectivity index is 1.82. The number of para-hydroxylation sites is 1. The number of nitrogens with one attached hydrogen (secondary N) is 1. The van der Waals surface area contributed by atoms with Gasteiger partial charge in [-0.05, 0) is 32.0 Å². The summed E-state index contributed by atoms with van der Waals surface area (Å²) < 4.78 is 41.0. The van der Waals surface area contributed by atoms with Crippen LogP contribution in [-0.4, -0.2) is 42.7 Å². The van der Waals surface area contributed by atoms with Crippen LogP contribution < -0.4 is 15.8 Å². The van der Waals surface area contributed by atoms with E-state index in [9.17, 15) is 22.8 Å². The molecule has 0 radical (unpaired) electrons. The van der Waals surface area contributed by atoms with Crippen molar-refractivity contribution in [2.24, 2.45) is 11.7 Å². The maximum atomic E-state index is 12.4. The zero-order valence-electron chi connectivity index (χ0n) is 13.5. The van der Waals surface area contributed by atoms with Gasteiger partial charge in [-0.25, -0.2) is 0 Å². The summed E-state index contributed by atoms with van der Waals surface area (Å²) in [5.41, 5.74) is 5.49. The van der Waals surface area contributed by atoms with Gasteiger partial charge in [-0.3, -0.25) is 14.5 Å². The minimum atomic E-state index is -4.79. The van der Waals surface area contributed by atoms with Gasteiger partial charge in [0.2, 0.25) is 11.8 Å². The summed E-state index contributed by atoms with van der Waals surface area (Å²) >= 11 is 0. The topological polar surface area (TPSA) is 84.7 Å². The molecule has 2 amide bonds. The van der Waals surface area contributed by atoms with E-state index >= 15 is 0 Å². The number of primary amides is 1. The highest BCUT2D eigenvalue weighted by molar-refractivity contribution is 5.78. The zero-order valence-corrected chi connectivity index (χ0v) is 13.5. The quantitative estimate of drug-likeness (QED) is 0.804. The van der Waals surface area contributed by atoms with Gasteiger partial charge in [-0.1, -0.05) is 18.2 Å². The number of carbonyl (C=O) groups excluding carboxylic acids is 2. The maximum Gasteiger partial charge on any atom is 0.573 e. The van der Waals surface area contributed by atoms with Crippen molar-refractivity contribution in [3.05, 3.63) is 29.8 Å². The Morgan fingerprint density at radius 1 is 1.24 bits per heavy atom. The lowest BCUT2D eigenvalue weighted by Crippen LogP contribution is -2.43. The van der Waals surface area contributed by atoms with Gasteiger partial charge in [0, 0.05) is 18.0 Å². The number of amides is 2. The molecule has 0 unspecified atom stereocenters. The third-order valence-electron chi connectivity index (χ3n) is 4.03. The molecule has 9 heteroatoms. The standard InChI is InChI=1S/C16H20F3N3O3/c17-16(18,19)25-13-4-2-1-3-12(13)9-21-14(23)10-22-7-5-11(6-8-22)15(20)24/h1-4,11H,5-10H2,(H2,20,24)(H,21,23). The number of halogens is 3. The molecule has 0 aliphatic carbocycles. The lowest BCUT2D eigenvalue weighted by Gasteiger charge is -2.29. The molecule has 2 rings (SSSR count). The predicted octanol–water partition coefficient (Wildman–Crippen LogP) is 1.40. The van der Waals surface area contributed by atoms with Crippen molar-refractivity contribution < 1.29 is 27.5 Å². The molecule has 0 aromatic heterocycles. The number of carbonyl (C=O) groups is 2. The second kappa shape index (κ2) is 8.19. The fourth-order valence-corrected chi connectivity index (χ4v) is 2.70. The molecular formula is C16H20F3N3O3. The first kappa shape index (κ1) is 19.0. The van der Waals surface area contributed by atoms with Crippen LogP contribution in [0.3, 0.4) is 0 Å². The molecule has 3 N–H and O–H groups in total. The van der Waals surface area contributed by atoms with Crippen LogP contribution >= 0.6 is 0 Å². The van der Waals surface area contributed by atoms with E-state index in [1.54, 1.807) is 6.07 Å². The number of piperidine rings is 1. The number of hydrogen-bond donors (Lipinski definition) is 2. The number of benzene rings is 1. The molecule has 6 nitrogen and oxygen atoms in total. The van der Waals surface area contributed by atoms with Crippen LogP contribution in [0, 0.1) is 5.92 Å². The van der Waals surface area contributed by atoms with Gasteiger partial charge in [0.05, 0.1) is 6.54 Å². The fourth-order valence-electron chi connectivity index (χ4n) is 2.70. The first-order chi connectivity index (χ1) is 11.7. The van der Waals surface area contributed by atoms with Gasteiger partial charge in [0.25, 0.3) is 0 Å². The summed E-state index contributed by atoms with van der Waals surface area (Å²) in [4.78, 5) is 25.0. The SMILES string of the molecule is NC(=O)C1CCN(CC(=O)NCc2ccccc2OC(F)(F)F)CC1. The largest absolute Gasteiger partial charge is 0.573 e. The number of likely N-dealkylation sites (tertiary alicyclic amines) is 1. The molecule has 25 heavy (non-hydrogen) atoms. The number of nitrogens with two attached hydrogens (primary N) is 1. The summed E-state index contributed by atoms with van der Waals surface area (Å²) in [6.45, 7) is 1.21. The number of hydrogen-bond acceptors (Lipinski definition) is 4. The molecule has 1 fully saturated rings. The zero-order chi connectivity index (χ0) is 18.4. The summed E-state index contributed by atoms with van der Waals surface area (Å²) in [7, 11) is 0. The average Bonchev–Trinajstić information content (AvgIpc) is 2.53. The third-order valence-corrected chi connectivity index (χ3v) is 4.03. The van der Waals surface area contributed by atoms with Crippen LogP contribution in [-0.2, 0) is 16.1 Å². The number of nitrogens with zero attached hydrogens (tertiary/aromatic N) is 1. The van der Waals surface area contributed by atoms with E-state index in [0.717, 1.165) is 0 Å². The summed E-state index contributed by atoms with van der Waals surface area (Å²) in [6, 6.07) is 5.65. The third kappa shape index (κ3) is 6.26. The Labute approximate surface area is 143 Å². The second-order valence-electron chi connectivity index (χ2n) is 5.89. The Bertz CT molecular complexity index is 614. The monoisotopic (exact) mass is 359 g/mol. The number of rotatable bonds is 6. The Hall–Kier alpha value is -2.29. The molecule has 1 saturated heterocycles. The molecule has 1 aromatic carbocycles. The van der Waals surface area contributed by atoms with E-state index in [2.05, 4.69) is 10.1 Å². The normalized spacial score (nSPS) is 16.4. The highest BCUT2D eigenvalue weighted by Gasteiger charge is 2.32. The molecule has 138 valence electrons. The van der Waals surface area contributed by atoms with Crippen molar-refractivity contribution in [2.45, 2.75) is 25.7 Å². The van der Waals surface area contributed by atoms with Crippen LogP contribution in [0.2, 0.25) is 0 Å². The van der Waals surface area contributed by atoms with Crippen molar-refractivity contribution in [1.29, 1.82) is 0 Å². The van der Waals surface area contributed by atoms with Crippen molar-refractivity contribution >= 4 is 11.8 Å². The van der Waals surface area contributed by atoms with E-state index in [-0.39, 0.29) is 42.1 Å². The van der Waals surface area contributed by atoms with Gasteiger partial charge >= 0.3 is 6.36 Å². The molecule has 1 aliphatic heterocycles. The molecule has 1 aliphatic rings. The van der Waals surface area contributed by atoms with E-state index in [1.807, 2.05) is 4.90 Å². The average molecular weight is 359 g/mol. The van der Waals surface area contributed by atoms with Gasteiger partial charge in [0.1, 0.15) is 5.75 Å². The minimum absolute atomic E-state index is 0.0666. The fraction of sp³-hybridized carbons (Fsp3) is 0.500. The minimum Gasteiger partial charge on any atom is -0.405 e. The lowest BCUT2D eigenvalue weighted by molar-refractivity contribution is -0.274. The first-order valence-corrected chi connectivity index (χ1v) is 7.86. The van der Waals surface area contributed by atoms with E-state index < -0.39 is 6.36 Å². The molecule has 0 bridgehead atoms. The van der Waals surface area contributed by atoms with Crippen LogP contribution in [0.4, 0.5) is 13.2 Å². The van der Waals surface area contributed by atoms with Crippen LogP contribution in [0.5, 0.6) is 5.75 Å². The van der Waals surface area contributed by atoms with Crippen molar-refractivity contribution in [3.63, 3.8) is 0 Å². The molecule has 0 saturated carbocycles. The van der Waals surface area contributed by atoms with E-state index in [0.29, 0.717) is 25.9 Å². The van der Waals surface area contributed by atoms with Crippen molar-refractivity contribution in [1.82, 2.24) is 10.2 Å². The van der Waals surface area contributed by atoms with E-state index in [1.165, 1.54) is 18.2 Å². The summed E-state index contributed by atoms with van der Waals surface area (Å²) in [6.07, 6.45) is -3.58. The maximum absolute atomic E-state index is 12.4. The molecule has 1 heterocycles. The lowest BCUT2D eigenvalue weighted by atomic mass is 9.96. The molecule has 0 atom stereocenters. The molecule has 1 aromatic rings. The van der Waals surface area contributed by atoms with Gasteiger partial charge in [-0.15, -0.1) is 13.2 Å². The smallest absolute Gasteiger partial charge is 0.405 e. The molecular weight excluding hydrogens is 339 g/mol. The highest BCUT2D eigenvalue weighted by Crippen LogP contribution is 2.26. The van der Waals surface area contributed by atoms with Crippen LogP contribution in [0.25, 0.3) is 0 Å². The van der Waals surface area contributed by atoms with Crippen LogP contribution in [0.1, 0.15) is 18.4 Å². The number of alkyl halides is 3. The van der Waals surface area contributed by atoms with Crippen molar-refractivity contribution in [2.75, 3.05) is 19.6 Å². The van der Waals surface area contributed by atoms with Crippen molar-refractivity contribution in [3.8, 4) is 5.75 Å². The highest BCUT2D eigenvalue weighted by atomic mass is 19.4. The molecule has 0 spiro atoms. The van der Waals surface area contributed by atoms with Gasteiger partial charge in [0.15, 0.2) is 0 Å². The summed E-state index contributed by atoms with van der Waals surface area (Å²) in [5, 5.41) is 2.59. The van der Waals surface area contributed by atoms with Gasteiger partial charge in [-0.2, -0.15) is 0 Å². The van der Waals surface area contributed by atoms with Crippen LogP contribution in [0.15, 0.2) is 24.3 Å². The van der Waals surface area contributed by atoms with Gasteiger partial charge < -0.3 is 15.8 Å². The Morgan fingerprint density at radius 2 is 1.88 bits per heavy atom. The summed E-state index contributed by atoms with van der Waals surface area (Å²) in [5.74, 6) is -1.13. The second-order valence-corrected chi connectivity index (χ2v) is 5.89. The first-order valence-electron chi connectivity index (χ1n) is 7.86. The van der Waals surface area contributed by atoms with E-state index in [4.69, 9.17) is 5.73 Å². The number of ether oxygens (including phenoxy) is 1. The predicted molar refractivity (Wildman–Crippen MR) is 83.3 cm³/mol. The Kier molecular flexibility index (Phi) is 6.24. The Morgan fingerprint density at radius 3 is 2.48 bits per heavy atom.